The van der Waals surface area contributed by atoms with Crippen LogP contribution in [-0.2, 0) is 0 Å². The van der Waals surface area contributed by atoms with Crippen molar-refractivity contribution in [3.8, 4) is 17.3 Å². The fourth-order valence-corrected chi connectivity index (χ4v) is 4.35. The van der Waals surface area contributed by atoms with Crippen LogP contribution in [0.3, 0.4) is 0 Å². The van der Waals surface area contributed by atoms with Gasteiger partial charge in [-0.2, -0.15) is 5.26 Å². The Morgan fingerprint density at radius 3 is 2.76 bits per heavy atom. The van der Waals surface area contributed by atoms with E-state index in [9.17, 15) is 20.2 Å². The molecule has 8 nitrogen and oxygen atoms in total. The second-order valence-electron chi connectivity index (χ2n) is 7.31. The Morgan fingerprint density at radius 2 is 1.94 bits per heavy atom. The van der Waals surface area contributed by atoms with E-state index in [1.807, 2.05) is 42.5 Å². The van der Waals surface area contributed by atoms with Crippen LogP contribution in [0.1, 0.15) is 5.01 Å². The van der Waals surface area contributed by atoms with Crippen LogP contribution >= 0.6 is 11.3 Å². The summed E-state index contributed by atoms with van der Waals surface area (Å²) in [5.74, 6) is 0. The number of benzene rings is 3. The van der Waals surface area contributed by atoms with Gasteiger partial charge >= 0.3 is 5.63 Å². The third-order valence-corrected chi connectivity index (χ3v) is 6.09. The number of fused-ring (bicyclic) bond motifs is 2. The maximum atomic E-state index is 12.5. The van der Waals surface area contributed by atoms with Crippen LogP contribution in [0.5, 0.6) is 0 Å². The first-order valence-electron chi connectivity index (χ1n) is 10.1. The summed E-state index contributed by atoms with van der Waals surface area (Å²) in [6.07, 6.45) is 1.58. The lowest BCUT2D eigenvalue weighted by Crippen LogP contribution is -2.03. The first-order chi connectivity index (χ1) is 16.5. The van der Waals surface area contributed by atoms with E-state index in [0.29, 0.717) is 21.7 Å². The van der Waals surface area contributed by atoms with Gasteiger partial charge in [-0.15, -0.1) is 11.3 Å². The molecule has 34 heavy (non-hydrogen) atoms. The zero-order valence-electron chi connectivity index (χ0n) is 17.4. The molecule has 0 atom stereocenters. The molecular formula is C25H14N4O4S. The average molecular weight is 466 g/mol. The Balaban J connectivity index is 1.49. The van der Waals surface area contributed by atoms with E-state index < -0.39 is 10.5 Å². The Labute approximate surface area is 196 Å². The van der Waals surface area contributed by atoms with Crippen LogP contribution in [-0.4, -0.2) is 9.91 Å². The van der Waals surface area contributed by atoms with Crippen molar-refractivity contribution in [3.63, 3.8) is 0 Å². The van der Waals surface area contributed by atoms with Gasteiger partial charge in [-0.1, -0.05) is 36.4 Å². The second-order valence-corrected chi connectivity index (χ2v) is 8.16. The van der Waals surface area contributed by atoms with E-state index in [0.717, 1.165) is 16.5 Å². The number of non-ortho nitro benzene ring substituents is 1. The summed E-state index contributed by atoms with van der Waals surface area (Å²) in [6, 6.07) is 21.4. The predicted molar refractivity (Wildman–Crippen MR) is 131 cm³/mol. The van der Waals surface area contributed by atoms with Crippen molar-refractivity contribution in [2.75, 3.05) is 5.32 Å². The number of hydrogen-bond acceptors (Lipinski definition) is 8. The molecule has 0 saturated carbocycles. The number of nitriles is 1. The Morgan fingerprint density at radius 1 is 1.12 bits per heavy atom. The molecule has 0 aliphatic heterocycles. The molecule has 2 heterocycles. The number of hydrogen-bond donors (Lipinski definition) is 1. The zero-order valence-corrected chi connectivity index (χ0v) is 18.2. The van der Waals surface area contributed by atoms with E-state index in [1.165, 1.54) is 35.6 Å². The topological polar surface area (TPSA) is 122 Å². The Kier molecular flexibility index (Phi) is 5.33. The molecule has 0 spiro atoms. The van der Waals surface area contributed by atoms with E-state index in [2.05, 4.69) is 16.4 Å². The minimum Gasteiger partial charge on any atom is -0.422 e. The van der Waals surface area contributed by atoms with Gasteiger partial charge in [-0.3, -0.25) is 10.1 Å². The summed E-state index contributed by atoms with van der Waals surface area (Å²) in [7, 11) is 0. The lowest BCUT2D eigenvalue weighted by molar-refractivity contribution is -0.384. The Bertz CT molecular complexity index is 1710. The zero-order chi connectivity index (χ0) is 23.7. The summed E-state index contributed by atoms with van der Waals surface area (Å²) in [6.45, 7) is 0. The number of nitrogens with one attached hydrogen (secondary N) is 1. The van der Waals surface area contributed by atoms with Crippen LogP contribution in [0.25, 0.3) is 38.6 Å². The Hall–Kier alpha value is -4.81. The molecule has 1 N–H and O–H groups in total. The van der Waals surface area contributed by atoms with Gasteiger partial charge in [0.1, 0.15) is 22.2 Å². The smallest absolute Gasteiger partial charge is 0.345 e. The second kappa shape index (κ2) is 8.61. The minimum absolute atomic E-state index is 0.111. The van der Waals surface area contributed by atoms with Crippen LogP contribution < -0.4 is 10.9 Å². The molecule has 5 rings (SSSR count). The number of nitro benzene ring substituents is 1. The fourth-order valence-electron chi connectivity index (χ4n) is 3.57. The van der Waals surface area contributed by atoms with E-state index in [1.54, 1.807) is 11.6 Å². The highest BCUT2D eigenvalue weighted by molar-refractivity contribution is 7.11. The van der Waals surface area contributed by atoms with Crippen molar-refractivity contribution in [2.45, 2.75) is 0 Å². The summed E-state index contributed by atoms with van der Waals surface area (Å²) >= 11 is 1.21. The van der Waals surface area contributed by atoms with Gasteiger partial charge in [0.05, 0.1) is 16.2 Å². The molecule has 0 amide bonds. The van der Waals surface area contributed by atoms with E-state index in [-0.39, 0.29) is 16.8 Å². The molecule has 0 bridgehead atoms. The molecular weight excluding hydrogens is 452 g/mol. The summed E-state index contributed by atoms with van der Waals surface area (Å²) in [5.41, 5.74) is 1.15. The third-order valence-electron chi connectivity index (χ3n) is 5.22. The number of rotatable bonds is 5. The highest BCUT2D eigenvalue weighted by Crippen LogP contribution is 2.29. The van der Waals surface area contributed by atoms with Gasteiger partial charge in [-0.25, -0.2) is 9.78 Å². The van der Waals surface area contributed by atoms with Crippen LogP contribution in [0.15, 0.2) is 87.5 Å². The lowest BCUT2D eigenvalue weighted by atomic mass is 10.1. The molecule has 0 aliphatic carbocycles. The predicted octanol–water partition coefficient (Wildman–Crippen LogP) is 5.95. The summed E-state index contributed by atoms with van der Waals surface area (Å²) < 4.78 is 5.32. The molecule has 0 fully saturated rings. The molecule has 5 aromatic rings. The summed E-state index contributed by atoms with van der Waals surface area (Å²) in [5, 5.41) is 28.5. The minimum atomic E-state index is -0.616. The van der Waals surface area contributed by atoms with Crippen molar-refractivity contribution in [1.29, 1.82) is 5.26 Å². The maximum Gasteiger partial charge on any atom is 0.345 e. The SMILES string of the molecule is N#C/C(=C\Nc1cccc2ccccc12)c1nc(-c2cc3cc([N+](=O)[O-])ccc3oc2=O)cs1. The van der Waals surface area contributed by atoms with Crippen LogP contribution in [0.4, 0.5) is 11.4 Å². The van der Waals surface area contributed by atoms with Crippen molar-refractivity contribution < 1.29 is 9.34 Å². The molecule has 3 aromatic carbocycles. The molecule has 0 radical (unpaired) electrons. The lowest BCUT2D eigenvalue weighted by Gasteiger charge is -2.06. The third kappa shape index (κ3) is 3.90. The van der Waals surface area contributed by atoms with Crippen LogP contribution in [0, 0.1) is 21.4 Å². The van der Waals surface area contributed by atoms with Crippen molar-refractivity contribution in [2.24, 2.45) is 0 Å². The average Bonchev–Trinajstić information content (AvgIpc) is 3.33. The van der Waals surface area contributed by atoms with Gasteiger partial charge in [-0.05, 0) is 23.6 Å². The van der Waals surface area contributed by atoms with Gasteiger partial charge in [0.25, 0.3) is 5.69 Å². The number of nitrogens with zero attached hydrogens (tertiary/aromatic N) is 3. The first kappa shape index (κ1) is 21.1. The monoisotopic (exact) mass is 466 g/mol. The number of allylic oxidation sites excluding steroid dienone is 1. The maximum absolute atomic E-state index is 12.5. The molecule has 0 unspecified atom stereocenters. The van der Waals surface area contributed by atoms with E-state index >= 15 is 0 Å². The quantitative estimate of drug-likeness (QED) is 0.147. The fraction of sp³-hybridized carbons (Fsp3) is 0. The van der Waals surface area contributed by atoms with Gasteiger partial charge in [0.15, 0.2) is 0 Å². The highest BCUT2D eigenvalue weighted by Gasteiger charge is 2.15. The van der Waals surface area contributed by atoms with Crippen molar-refractivity contribution >= 4 is 50.0 Å². The van der Waals surface area contributed by atoms with Gasteiger partial charge < -0.3 is 9.73 Å². The van der Waals surface area contributed by atoms with Gasteiger partial charge in [0.2, 0.25) is 0 Å². The van der Waals surface area contributed by atoms with Crippen molar-refractivity contribution in [3.05, 3.63) is 104 Å². The highest BCUT2D eigenvalue weighted by atomic mass is 32.1. The molecule has 2 aromatic heterocycles. The number of nitro groups is 1. The van der Waals surface area contributed by atoms with Crippen molar-refractivity contribution in [1.82, 2.24) is 4.98 Å². The number of thiazole rings is 1. The summed E-state index contributed by atoms with van der Waals surface area (Å²) in [4.78, 5) is 27.5. The number of anilines is 1. The number of aromatic nitrogens is 1. The first-order valence-corrected chi connectivity index (χ1v) is 10.9. The van der Waals surface area contributed by atoms with Gasteiger partial charge in [0, 0.05) is 40.2 Å². The molecule has 164 valence electrons. The largest absolute Gasteiger partial charge is 0.422 e. The molecule has 9 heteroatoms. The standard InChI is InChI=1S/C25H14N4O4S/c26-12-17(13-27-21-7-3-5-15-4-1-2-6-19(15)21)24-28-22(14-34-24)20-11-16-10-18(29(31)32)8-9-23(16)33-25(20)30/h1-11,13-14,27H/b17-13+. The van der Waals surface area contributed by atoms with Crippen LogP contribution in [0.2, 0.25) is 0 Å². The molecule has 0 saturated heterocycles. The van der Waals surface area contributed by atoms with E-state index in [4.69, 9.17) is 4.42 Å². The normalized spacial score (nSPS) is 11.4. The molecule has 0 aliphatic rings.